The molecule has 0 bridgehead atoms. The number of rotatable bonds is 3. The quantitative estimate of drug-likeness (QED) is 0.450. The molecule has 4 aromatic rings. The number of carbonyl (C=O) groups is 1. The van der Waals surface area contributed by atoms with Gasteiger partial charge in [0.05, 0.1) is 25.8 Å². The number of aromatic amines is 1. The molecule has 1 N–H and O–H groups in total. The molecule has 1 amide bonds. The van der Waals surface area contributed by atoms with Crippen molar-refractivity contribution in [3.8, 4) is 10.6 Å². The zero-order valence-electron chi connectivity index (χ0n) is 15.9. The van der Waals surface area contributed by atoms with E-state index in [0.717, 1.165) is 38.6 Å². The number of carbonyl (C=O) groups excluding carboxylic acids is 1. The zero-order chi connectivity index (χ0) is 20.7. The first-order chi connectivity index (χ1) is 14.6. The predicted molar refractivity (Wildman–Crippen MR) is 123 cm³/mol. The Kier molecular flexibility index (Phi) is 5.18. The highest BCUT2D eigenvalue weighted by Gasteiger charge is 2.27. The van der Waals surface area contributed by atoms with E-state index in [9.17, 15) is 9.59 Å². The maximum absolute atomic E-state index is 12.9. The van der Waals surface area contributed by atoms with Crippen molar-refractivity contribution in [2.45, 2.75) is 18.8 Å². The van der Waals surface area contributed by atoms with E-state index in [1.807, 2.05) is 35.7 Å². The predicted octanol–water partition coefficient (Wildman–Crippen LogP) is 5.39. The average Bonchev–Trinajstić information content (AvgIpc) is 3.43. The molecule has 1 fully saturated rings. The molecular formula is C22H18ClN3O2S2. The molecule has 1 aromatic carbocycles. The van der Waals surface area contributed by atoms with E-state index in [-0.39, 0.29) is 17.0 Å². The summed E-state index contributed by atoms with van der Waals surface area (Å²) in [5.74, 6) is 0.119. The highest BCUT2D eigenvalue weighted by Crippen LogP contribution is 2.35. The largest absolute Gasteiger partial charge is 0.338 e. The van der Waals surface area contributed by atoms with Gasteiger partial charge in [0, 0.05) is 24.0 Å². The van der Waals surface area contributed by atoms with Crippen molar-refractivity contribution >= 4 is 50.4 Å². The summed E-state index contributed by atoms with van der Waals surface area (Å²) in [6.45, 7) is 1.23. The number of likely N-dealkylation sites (tertiary alicyclic amines) is 1. The number of thiazole rings is 1. The van der Waals surface area contributed by atoms with E-state index in [1.54, 1.807) is 39.7 Å². The topological polar surface area (TPSA) is 66.1 Å². The molecule has 30 heavy (non-hydrogen) atoms. The van der Waals surface area contributed by atoms with Crippen LogP contribution in [-0.2, 0) is 0 Å². The molecule has 0 radical (unpaired) electrons. The summed E-state index contributed by atoms with van der Waals surface area (Å²) in [6.07, 6.45) is 1.68. The van der Waals surface area contributed by atoms with Crippen molar-refractivity contribution in [3.63, 3.8) is 0 Å². The minimum Gasteiger partial charge on any atom is -0.338 e. The van der Waals surface area contributed by atoms with Gasteiger partial charge in [0.2, 0.25) is 0 Å². The Bertz CT molecular complexity index is 1270. The van der Waals surface area contributed by atoms with Gasteiger partial charge in [-0.25, -0.2) is 4.98 Å². The lowest BCUT2D eigenvalue weighted by atomic mass is 9.97. The Balaban J connectivity index is 1.29. The van der Waals surface area contributed by atoms with E-state index >= 15 is 0 Å². The molecule has 152 valence electrons. The van der Waals surface area contributed by atoms with E-state index in [4.69, 9.17) is 16.6 Å². The molecule has 1 saturated heterocycles. The highest BCUT2D eigenvalue weighted by atomic mass is 35.5. The molecule has 0 unspecified atom stereocenters. The van der Waals surface area contributed by atoms with Crippen molar-refractivity contribution < 1.29 is 4.79 Å². The number of fused-ring (bicyclic) bond motifs is 1. The molecule has 0 atom stereocenters. The number of benzene rings is 1. The number of nitrogens with zero attached hydrogens (tertiary/aromatic N) is 2. The molecule has 5 rings (SSSR count). The monoisotopic (exact) mass is 455 g/mol. The van der Waals surface area contributed by atoms with Gasteiger partial charge in [0.15, 0.2) is 0 Å². The minimum absolute atomic E-state index is 0.198. The summed E-state index contributed by atoms with van der Waals surface area (Å²) in [5.41, 5.74) is 1.53. The maximum atomic E-state index is 12.9. The second-order valence-corrected chi connectivity index (χ2v) is 9.77. The van der Waals surface area contributed by atoms with Crippen LogP contribution >= 0.6 is 34.3 Å². The smallest absolute Gasteiger partial charge is 0.261 e. The molecule has 0 spiro atoms. The second-order valence-electron chi connectivity index (χ2n) is 7.32. The van der Waals surface area contributed by atoms with Crippen LogP contribution in [0, 0.1) is 0 Å². The van der Waals surface area contributed by atoms with Crippen LogP contribution in [0.5, 0.6) is 0 Å². The number of H-pyrrole nitrogens is 1. The molecule has 0 saturated carbocycles. The van der Waals surface area contributed by atoms with Crippen LogP contribution in [0.15, 0.2) is 52.6 Å². The Morgan fingerprint density at radius 1 is 1.17 bits per heavy atom. The molecule has 1 aliphatic heterocycles. The summed E-state index contributed by atoms with van der Waals surface area (Å²) in [5, 5.41) is 3.74. The van der Waals surface area contributed by atoms with Gasteiger partial charge in [-0.15, -0.1) is 22.7 Å². The molecule has 8 heteroatoms. The van der Waals surface area contributed by atoms with Crippen LogP contribution in [-0.4, -0.2) is 33.9 Å². The van der Waals surface area contributed by atoms with Crippen LogP contribution < -0.4 is 5.56 Å². The van der Waals surface area contributed by atoms with Gasteiger partial charge < -0.3 is 9.88 Å². The van der Waals surface area contributed by atoms with Crippen LogP contribution in [0.3, 0.4) is 0 Å². The van der Waals surface area contributed by atoms with Gasteiger partial charge in [-0.1, -0.05) is 17.7 Å². The molecule has 0 aliphatic carbocycles. The van der Waals surface area contributed by atoms with Crippen molar-refractivity contribution in [1.82, 2.24) is 14.9 Å². The maximum Gasteiger partial charge on any atom is 0.261 e. The Morgan fingerprint density at radius 3 is 2.73 bits per heavy atom. The van der Waals surface area contributed by atoms with Gasteiger partial charge in [-0.2, -0.15) is 0 Å². The summed E-state index contributed by atoms with van der Waals surface area (Å²) in [4.78, 5) is 35.8. The van der Waals surface area contributed by atoms with Crippen LogP contribution in [0.4, 0.5) is 0 Å². The summed E-state index contributed by atoms with van der Waals surface area (Å²) < 4.78 is 1.13. The first-order valence-electron chi connectivity index (χ1n) is 9.71. The van der Waals surface area contributed by atoms with Crippen molar-refractivity contribution in [2.24, 2.45) is 0 Å². The molecule has 4 heterocycles. The third kappa shape index (κ3) is 3.69. The van der Waals surface area contributed by atoms with Gasteiger partial charge >= 0.3 is 0 Å². The van der Waals surface area contributed by atoms with E-state index in [2.05, 4.69) is 4.98 Å². The number of pyridine rings is 1. The van der Waals surface area contributed by atoms with Gasteiger partial charge in [-0.05, 0) is 54.6 Å². The average molecular weight is 456 g/mol. The number of hydrogen-bond donors (Lipinski definition) is 1. The third-order valence-electron chi connectivity index (χ3n) is 5.42. The van der Waals surface area contributed by atoms with Gasteiger partial charge in [0.1, 0.15) is 5.56 Å². The van der Waals surface area contributed by atoms with E-state index in [0.29, 0.717) is 24.0 Å². The van der Waals surface area contributed by atoms with E-state index in [1.165, 1.54) is 0 Å². The van der Waals surface area contributed by atoms with Crippen molar-refractivity contribution in [3.05, 3.63) is 73.8 Å². The fourth-order valence-electron chi connectivity index (χ4n) is 3.81. The summed E-state index contributed by atoms with van der Waals surface area (Å²) >= 11 is 9.31. The minimum atomic E-state index is -0.337. The second kappa shape index (κ2) is 7.98. The van der Waals surface area contributed by atoms with Gasteiger partial charge in [0.25, 0.3) is 11.5 Å². The summed E-state index contributed by atoms with van der Waals surface area (Å²) in [7, 11) is 0. The van der Waals surface area contributed by atoms with Crippen LogP contribution in [0.25, 0.3) is 20.8 Å². The molecule has 1 aliphatic rings. The number of aromatic nitrogens is 2. The fraction of sp³-hybridized carbons (Fsp3) is 0.227. The summed E-state index contributed by atoms with van der Waals surface area (Å²) in [6, 6.07) is 13.1. The number of hydrogen-bond acceptors (Lipinski definition) is 5. The lowest BCUT2D eigenvalue weighted by Crippen LogP contribution is -2.40. The molecule has 5 nitrogen and oxygen atoms in total. The lowest BCUT2D eigenvalue weighted by Gasteiger charge is -2.31. The zero-order valence-corrected chi connectivity index (χ0v) is 18.3. The number of thiophene rings is 1. The highest BCUT2D eigenvalue weighted by molar-refractivity contribution is 7.18. The Morgan fingerprint density at radius 2 is 2.00 bits per heavy atom. The Labute approximate surface area is 186 Å². The van der Waals surface area contributed by atoms with E-state index < -0.39 is 0 Å². The first kappa shape index (κ1) is 19.5. The third-order valence-corrected chi connectivity index (χ3v) is 7.76. The normalized spacial score (nSPS) is 15.0. The van der Waals surface area contributed by atoms with Gasteiger partial charge in [-0.3, -0.25) is 9.59 Å². The number of piperidine rings is 1. The van der Waals surface area contributed by atoms with Crippen molar-refractivity contribution in [1.29, 1.82) is 0 Å². The standard InChI is InChI=1S/C22H18ClN3O2S2/c23-14-3-6-19-17(12-14)25-21(30-19)13-7-9-26(10-8-13)22(28)15-4-5-16(24-20(15)27)18-2-1-11-29-18/h1-6,11-13H,7-10H2,(H,24,27). The van der Waals surface area contributed by atoms with Crippen LogP contribution in [0.2, 0.25) is 5.02 Å². The SMILES string of the molecule is O=C(c1ccc(-c2cccs2)[nH]c1=O)N1CCC(c2nc3cc(Cl)ccc3s2)CC1. The molecular weight excluding hydrogens is 438 g/mol. The van der Waals surface area contributed by atoms with Crippen LogP contribution in [0.1, 0.15) is 34.1 Å². The number of nitrogens with one attached hydrogen (secondary N) is 1. The van der Waals surface area contributed by atoms with Crippen molar-refractivity contribution in [2.75, 3.05) is 13.1 Å². The number of amides is 1. The Hall–Kier alpha value is -2.48. The molecule has 3 aromatic heterocycles. The first-order valence-corrected chi connectivity index (χ1v) is 11.8. The fourth-order valence-corrected chi connectivity index (χ4v) is 5.80. The number of halogens is 1. The lowest BCUT2D eigenvalue weighted by molar-refractivity contribution is 0.0711.